The van der Waals surface area contributed by atoms with Gasteiger partial charge in [0.25, 0.3) is 0 Å². The van der Waals surface area contributed by atoms with E-state index >= 15 is 0 Å². The van der Waals surface area contributed by atoms with Crippen molar-refractivity contribution in [2.75, 3.05) is 66.0 Å². The second kappa shape index (κ2) is 59.9. The van der Waals surface area contributed by atoms with Crippen LogP contribution in [-0.2, 0) is 82.1 Å². The van der Waals surface area contributed by atoms with Gasteiger partial charge in [-0.15, -0.1) is 0 Å². The SMILES string of the molecule is CCCCCCCC/C=C\CCCCCCCCOCC(CC(=O)N(CC)C(COC(COS(=O)(=O)[O-])COS(=O)(=O)[O-])COC(COS(=O)(=O)[O-])COS(=O)(=O)[O-])OCCCCCCCC/C=C\CCCCCCCC.[Na+].[Na+].[Na+].[Na+]. The largest absolute Gasteiger partial charge is 1.00 e. The van der Waals surface area contributed by atoms with Gasteiger partial charge in [-0.05, 0) is 71.1 Å². The second-order valence-electron chi connectivity index (χ2n) is 19.2. The first-order valence-electron chi connectivity index (χ1n) is 28.0. The quantitative estimate of drug-likeness (QED) is 0.0190. The van der Waals surface area contributed by atoms with E-state index < -0.39 is 111 Å². The fourth-order valence-electron chi connectivity index (χ4n) is 8.03. The third kappa shape index (κ3) is 66.5. The molecule has 0 saturated heterocycles. The Kier molecular flexibility index (Phi) is 68.0. The molecule has 0 aromatic rings. The summed E-state index contributed by atoms with van der Waals surface area (Å²) in [5.41, 5.74) is 0. The zero-order valence-electron chi connectivity index (χ0n) is 50.3. The number of ether oxygens (including phenoxy) is 4. The number of rotatable bonds is 57. The molecule has 30 heteroatoms. The van der Waals surface area contributed by atoms with Crippen molar-refractivity contribution in [3.05, 3.63) is 24.3 Å². The Morgan fingerprint density at radius 2 is 0.679 bits per heavy atom. The first-order valence-corrected chi connectivity index (χ1v) is 33.3. The molecule has 1 amide bonds. The second-order valence-corrected chi connectivity index (χ2v) is 23.4. The molecule has 0 radical (unpaired) electrons. The van der Waals surface area contributed by atoms with Crippen LogP contribution in [0.4, 0.5) is 0 Å². The van der Waals surface area contributed by atoms with Crippen LogP contribution in [0, 0.1) is 0 Å². The van der Waals surface area contributed by atoms with Crippen molar-refractivity contribution in [1.82, 2.24) is 4.90 Å². The van der Waals surface area contributed by atoms with Gasteiger partial charge in [0.2, 0.25) is 47.5 Å². The predicted molar refractivity (Wildman–Crippen MR) is 287 cm³/mol. The van der Waals surface area contributed by atoms with Gasteiger partial charge in [0.15, 0.2) is 0 Å². The van der Waals surface area contributed by atoms with E-state index in [4.69, 9.17) is 18.9 Å². The van der Waals surface area contributed by atoms with Crippen molar-refractivity contribution >= 4 is 47.5 Å². The molecule has 0 aliphatic rings. The number of unbranched alkanes of at least 4 members (excludes halogenated alkanes) is 24. The van der Waals surface area contributed by atoms with Crippen molar-refractivity contribution in [3.8, 4) is 0 Å². The van der Waals surface area contributed by atoms with Crippen LogP contribution >= 0.6 is 0 Å². The molecule has 0 bridgehead atoms. The van der Waals surface area contributed by atoms with Crippen LogP contribution in [-0.4, -0.2) is 153 Å². The predicted octanol–water partition coefficient (Wildman–Crippen LogP) is -3.24. The van der Waals surface area contributed by atoms with E-state index in [1.165, 1.54) is 81.9 Å². The number of hydrogen-bond acceptors (Lipinski definition) is 21. The van der Waals surface area contributed by atoms with E-state index in [-0.39, 0.29) is 138 Å². The van der Waals surface area contributed by atoms with Gasteiger partial charge in [-0.25, -0.2) is 33.7 Å². The van der Waals surface area contributed by atoms with E-state index in [1.807, 2.05) is 0 Å². The van der Waals surface area contributed by atoms with Crippen molar-refractivity contribution in [3.63, 3.8) is 0 Å². The first-order chi connectivity index (χ1) is 36.6. The van der Waals surface area contributed by atoms with E-state index in [0.29, 0.717) is 19.6 Å². The molecule has 0 aliphatic carbocycles. The van der Waals surface area contributed by atoms with Crippen LogP contribution in [0.2, 0.25) is 0 Å². The topological polar surface area (TPSA) is 323 Å². The fraction of sp³-hybridized carbons (Fsp3) is 0.902. The molecule has 0 saturated carbocycles. The van der Waals surface area contributed by atoms with Crippen molar-refractivity contribution in [1.29, 1.82) is 0 Å². The molecule has 0 spiro atoms. The summed E-state index contributed by atoms with van der Waals surface area (Å²) in [6.45, 7) is 0.651. The molecule has 1 unspecified atom stereocenters. The molecular weight excluding hydrogens is 1180 g/mol. The number of amides is 1. The summed E-state index contributed by atoms with van der Waals surface area (Å²) in [6, 6.07) is -1.31. The zero-order valence-corrected chi connectivity index (χ0v) is 61.6. The molecule has 81 heavy (non-hydrogen) atoms. The molecule has 0 aromatic carbocycles. The van der Waals surface area contributed by atoms with Crippen LogP contribution in [0.5, 0.6) is 0 Å². The summed E-state index contributed by atoms with van der Waals surface area (Å²) in [6.07, 6.45) is 36.6. The Morgan fingerprint density at radius 1 is 0.383 bits per heavy atom. The minimum Gasteiger partial charge on any atom is -0.726 e. The third-order valence-corrected chi connectivity index (χ3v) is 14.0. The van der Waals surface area contributed by atoms with Gasteiger partial charge < -0.3 is 42.1 Å². The molecule has 458 valence electrons. The van der Waals surface area contributed by atoms with Gasteiger partial charge in [-0.1, -0.05) is 154 Å². The molecule has 0 fully saturated rings. The number of allylic oxidation sites excluding steroid dienone is 4. The smallest absolute Gasteiger partial charge is 0.726 e. The molecule has 0 heterocycles. The molecule has 22 nitrogen and oxygen atoms in total. The molecular formula is C51H95NNa4O21S4. The zero-order chi connectivity index (χ0) is 57.5. The van der Waals surface area contributed by atoms with Gasteiger partial charge in [0, 0.05) is 19.8 Å². The summed E-state index contributed by atoms with van der Waals surface area (Å²) < 4.78 is 175. The maximum Gasteiger partial charge on any atom is 1.00 e. The normalized spacial score (nSPS) is 12.7. The van der Waals surface area contributed by atoms with E-state index in [9.17, 15) is 56.7 Å². The van der Waals surface area contributed by atoms with Gasteiger partial charge in [-0.2, -0.15) is 0 Å². The Labute approximate surface area is 577 Å². The average Bonchev–Trinajstić information content (AvgIpc) is 3.34. The van der Waals surface area contributed by atoms with Crippen LogP contribution in [0.25, 0.3) is 0 Å². The van der Waals surface area contributed by atoms with Crippen LogP contribution in [0.1, 0.15) is 207 Å². The minimum absolute atomic E-state index is 0. The van der Waals surface area contributed by atoms with Gasteiger partial charge >= 0.3 is 118 Å². The van der Waals surface area contributed by atoms with E-state index in [2.05, 4.69) is 54.9 Å². The number of carbonyl (C=O) groups is 1. The summed E-state index contributed by atoms with van der Waals surface area (Å²) in [7, 11) is -21.5. The van der Waals surface area contributed by atoms with E-state index in [0.717, 1.165) is 96.3 Å². The molecule has 1 atom stereocenters. The maximum absolute atomic E-state index is 14.2. The van der Waals surface area contributed by atoms with Crippen LogP contribution in [0.15, 0.2) is 24.3 Å². The maximum atomic E-state index is 14.2. The Hall–Kier alpha value is 2.27. The Balaban J connectivity index is -0.00000481. The third-order valence-electron chi connectivity index (χ3n) is 12.3. The summed E-state index contributed by atoms with van der Waals surface area (Å²) in [5, 5.41) is 0. The van der Waals surface area contributed by atoms with E-state index in [1.54, 1.807) is 6.92 Å². The standard InChI is InChI=1S/C51H99NO21S4.4Na/c1-4-7-9-11-13-15-17-19-21-23-25-27-29-31-33-35-37-66-42-48(67-38-36-34-32-30-28-26-24-22-20-18-16-14-12-10-8-5-2)39-51(53)52(6-3)47(40-68-49(43-70-74(54,55)56)44-71-75(57,58)59)41-69-50(45-72-76(60,61)62)46-73-77(63,64)65;;;;/h19-22,47-50H,4-18,23-46H2,1-3H3,(H,54,55,56)(H,57,58,59)(H,60,61,62)(H,63,64,65);;;;/q;4*+1/p-4/b21-19-,22-20-;;;;. The molecule has 0 aliphatic heterocycles. The summed E-state index contributed by atoms with van der Waals surface area (Å²) >= 11 is 0. The number of nitrogens with zero attached hydrogens (tertiary/aromatic N) is 1. The van der Waals surface area contributed by atoms with Crippen LogP contribution < -0.4 is 118 Å². The minimum atomic E-state index is -5.38. The van der Waals surface area contributed by atoms with Crippen molar-refractivity contribution in [2.24, 2.45) is 0 Å². The molecule has 0 rings (SSSR count). The molecule has 0 N–H and O–H groups in total. The van der Waals surface area contributed by atoms with Crippen LogP contribution in [0.3, 0.4) is 0 Å². The molecule has 0 aromatic heterocycles. The number of likely N-dealkylation sites (N-methyl/N-ethyl adjacent to an activating group) is 1. The monoisotopic (exact) mass is 1280 g/mol. The fourth-order valence-corrected chi connectivity index (χ4v) is 9.30. The average molecular weight is 1280 g/mol. The Morgan fingerprint density at radius 3 is 0.988 bits per heavy atom. The van der Waals surface area contributed by atoms with Gasteiger partial charge in [0.1, 0.15) is 12.2 Å². The number of hydrogen-bond donors (Lipinski definition) is 0. The van der Waals surface area contributed by atoms with Crippen molar-refractivity contribution in [2.45, 2.75) is 231 Å². The van der Waals surface area contributed by atoms with Gasteiger partial charge in [0.05, 0.1) is 64.8 Å². The first kappa shape index (κ1) is 92.0. The summed E-state index contributed by atoms with van der Waals surface area (Å²) in [4.78, 5) is 15.4. The Bertz CT molecular complexity index is 1810. The van der Waals surface area contributed by atoms with Crippen molar-refractivity contribution < 1.29 is 211 Å². The summed E-state index contributed by atoms with van der Waals surface area (Å²) in [5.74, 6) is -0.585. The number of carbonyl (C=O) groups excluding carboxylic acids is 1. The van der Waals surface area contributed by atoms with Gasteiger partial charge in [-0.3, -0.25) is 21.5 Å².